The van der Waals surface area contributed by atoms with Crippen LogP contribution in [-0.2, 0) is 7.05 Å². The van der Waals surface area contributed by atoms with E-state index in [0.29, 0.717) is 30.4 Å². The zero-order valence-electron chi connectivity index (χ0n) is 11.0. The largest absolute Gasteiger partial charge is 0.506 e. The van der Waals surface area contributed by atoms with E-state index in [0.717, 1.165) is 0 Å². The van der Waals surface area contributed by atoms with E-state index in [-0.39, 0.29) is 22.0 Å². The Kier molecular flexibility index (Phi) is 3.13. The first kappa shape index (κ1) is 13.6. The Morgan fingerprint density at radius 2 is 2.10 bits per heavy atom. The number of aromatic hydroxyl groups is 1. The highest BCUT2D eigenvalue weighted by Crippen LogP contribution is 2.49. The van der Waals surface area contributed by atoms with E-state index >= 15 is 0 Å². The van der Waals surface area contributed by atoms with Crippen molar-refractivity contribution in [3.8, 4) is 28.5 Å². The molecule has 2 N–H and O–H groups in total. The van der Waals surface area contributed by atoms with Gasteiger partial charge in [0.2, 0.25) is 0 Å². The molecule has 0 spiro atoms. The number of carbonyl (C=O) groups is 1. The Balaban J connectivity index is 2.26. The van der Waals surface area contributed by atoms with Gasteiger partial charge in [-0.25, -0.2) is 4.79 Å². The van der Waals surface area contributed by atoms with Crippen LogP contribution in [0.1, 0.15) is 10.5 Å². The summed E-state index contributed by atoms with van der Waals surface area (Å²) in [5.74, 6) is -0.648. The van der Waals surface area contributed by atoms with Crippen LogP contribution < -0.4 is 9.47 Å². The first-order valence-corrected chi connectivity index (χ1v) is 6.45. The van der Waals surface area contributed by atoms with Crippen LogP contribution in [0.3, 0.4) is 0 Å². The minimum absolute atomic E-state index is 0.0901. The van der Waals surface area contributed by atoms with Gasteiger partial charge in [-0.15, -0.1) is 0 Å². The molecule has 1 aromatic carbocycles. The molecule has 1 aliphatic rings. The summed E-state index contributed by atoms with van der Waals surface area (Å²) in [6.07, 6.45) is 0. The summed E-state index contributed by atoms with van der Waals surface area (Å²) in [7, 11) is 1.57. The highest BCUT2D eigenvalue weighted by atomic mass is 35.5. The number of benzene rings is 1. The van der Waals surface area contributed by atoms with E-state index < -0.39 is 5.97 Å². The lowest BCUT2D eigenvalue weighted by molar-refractivity contribution is 0.0689. The maximum Gasteiger partial charge on any atom is 0.356 e. The van der Waals surface area contributed by atoms with Crippen molar-refractivity contribution in [1.82, 2.24) is 9.78 Å². The number of aromatic carboxylic acids is 1. The number of aromatic nitrogens is 2. The van der Waals surface area contributed by atoms with E-state index in [9.17, 15) is 9.90 Å². The van der Waals surface area contributed by atoms with E-state index in [1.807, 2.05) is 0 Å². The first-order valence-electron chi connectivity index (χ1n) is 6.08. The average Bonchev–Trinajstić information content (AvgIpc) is 2.82. The molecule has 0 aliphatic carbocycles. The number of ether oxygens (including phenoxy) is 2. The lowest BCUT2D eigenvalue weighted by atomic mass is 10.1. The summed E-state index contributed by atoms with van der Waals surface area (Å²) < 4.78 is 12.3. The number of hydrogen-bond donors (Lipinski definition) is 2. The molecule has 0 bridgehead atoms. The molecule has 110 valence electrons. The van der Waals surface area contributed by atoms with Crippen molar-refractivity contribution in [2.75, 3.05) is 13.2 Å². The number of phenols is 1. The molecule has 0 amide bonds. The van der Waals surface area contributed by atoms with Gasteiger partial charge in [-0.3, -0.25) is 4.68 Å². The minimum atomic E-state index is -1.16. The van der Waals surface area contributed by atoms with Crippen LogP contribution in [0, 0.1) is 0 Å². The maximum atomic E-state index is 11.0. The summed E-state index contributed by atoms with van der Waals surface area (Å²) in [6.45, 7) is 0.698. The molecule has 1 aromatic heterocycles. The molecule has 0 atom stereocenters. The van der Waals surface area contributed by atoms with E-state index in [1.54, 1.807) is 7.05 Å². The van der Waals surface area contributed by atoms with Crippen molar-refractivity contribution in [2.45, 2.75) is 0 Å². The normalized spacial score (nSPS) is 13.2. The van der Waals surface area contributed by atoms with Gasteiger partial charge < -0.3 is 19.7 Å². The zero-order chi connectivity index (χ0) is 15.1. The number of carboxylic acid groups (broad SMARTS) is 1. The van der Waals surface area contributed by atoms with Gasteiger partial charge in [-0.2, -0.15) is 5.10 Å². The molecule has 0 saturated heterocycles. The van der Waals surface area contributed by atoms with Gasteiger partial charge in [0, 0.05) is 13.1 Å². The summed E-state index contributed by atoms with van der Waals surface area (Å²) in [5.41, 5.74) is 0.492. The molecular formula is C13H11ClN2O5. The van der Waals surface area contributed by atoms with Gasteiger partial charge >= 0.3 is 5.97 Å². The lowest BCUT2D eigenvalue weighted by Crippen LogP contribution is -2.16. The van der Waals surface area contributed by atoms with Crippen molar-refractivity contribution in [1.29, 1.82) is 0 Å². The molecular weight excluding hydrogens is 300 g/mol. The topological polar surface area (TPSA) is 93.8 Å². The summed E-state index contributed by atoms with van der Waals surface area (Å²) in [4.78, 5) is 11.0. The van der Waals surface area contributed by atoms with Crippen LogP contribution in [0.25, 0.3) is 11.3 Å². The smallest absolute Gasteiger partial charge is 0.356 e. The van der Waals surface area contributed by atoms with E-state index in [2.05, 4.69) is 5.10 Å². The fourth-order valence-electron chi connectivity index (χ4n) is 2.19. The number of aryl methyl sites for hydroxylation is 1. The highest BCUT2D eigenvalue weighted by Gasteiger charge is 2.26. The molecule has 0 fully saturated rings. The van der Waals surface area contributed by atoms with Gasteiger partial charge in [0.15, 0.2) is 17.2 Å². The highest BCUT2D eigenvalue weighted by molar-refractivity contribution is 6.32. The van der Waals surface area contributed by atoms with Crippen LogP contribution in [0.4, 0.5) is 0 Å². The minimum Gasteiger partial charge on any atom is -0.506 e. The number of rotatable bonds is 2. The monoisotopic (exact) mass is 310 g/mol. The zero-order valence-corrected chi connectivity index (χ0v) is 11.7. The van der Waals surface area contributed by atoms with Crippen molar-refractivity contribution in [2.24, 2.45) is 7.05 Å². The Morgan fingerprint density at radius 3 is 2.76 bits per heavy atom. The molecule has 21 heavy (non-hydrogen) atoms. The third-order valence-electron chi connectivity index (χ3n) is 3.11. The number of nitrogens with zero attached hydrogens (tertiary/aromatic N) is 2. The molecule has 1 aliphatic heterocycles. The number of carboxylic acids is 1. The van der Waals surface area contributed by atoms with Crippen molar-refractivity contribution >= 4 is 17.6 Å². The molecule has 2 aromatic rings. The van der Waals surface area contributed by atoms with Gasteiger partial charge in [0.05, 0.1) is 16.3 Å². The van der Waals surface area contributed by atoms with Crippen LogP contribution in [-0.4, -0.2) is 39.2 Å². The van der Waals surface area contributed by atoms with Crippen molar-refractivity contribution in [3.05, 3.63) is 22.8 Å². The standard InChI is InChI=1S/C13H11ClN2O5/c1-16-8(5-7(15-16)13(18)19)10-11(17)6(14)4-9-12(10)21-3-2-20-9/h4-5,17H,2-3H2,1H3,(H,18,19). The van der Waals surface area contributed by atoms with E-state index in [1.165, 1.54) is 16.8 Å². The Morgan fingerprint density at radius 1 is 1.38 bits per heavy atom. The van der Waals surface area contributed by atoms with Crippen LogP contribution in [0.5, 0.6) is 17.2 Å². The predicted octanol–water partition coefficient (Wildman–Crippen LogP) is 1.92. The molecule has 2 heterocycles. The summed E-state index contributed by atoms with van der Waals surface area (Å²) in [5, 5.41) is 23.2. The van der Waals surface area contributed by atoms with Crippen molar-refractivity contribution in [3.63, 3.8) is 0 Å². The van der Waals surface area contributed by atoms with E-state index in [4.69, 9.17) is 26.2 Å². The van der Waals surface area contributed by atoms with Crippen molar-refractivity contribution < 1.29 is 24.5 Å². The molecule has 0 saturated carbocycles. The van der Waals surface area contributed by atoms with Gasteiger partial charge in [0.1, 0.15) is 19.0 Å². The summed E-state index contributed by atoms with van der Waals surface area (Å²) >= 11 is 5.99. The number of phenolic OH excluding ortho intramolecular Hbond substituents is 1. The number of halogens is 1. The Hall–Kier alpha value is -2.41. The second-order valence-corrected chi connectivity index (χ2v) is 4.86. The molecule has 7 nitrogen and oxygen atoms in total. The maximum absolute atomic E-state index is 11.0. The fraction of sp³-hybridized carbons (Fsp3) is 0.231. The second kappa shape index (κ2) is 4.85. The number of hydrogen-bond acceptors (Lipinski definition) is 5. The number of fused-ring (bicyclic) bond motifs is 1. The Bertz CT molecular complexity index is 741. The molecule has 0 unspecified atom stereocenters. The van der Waals surface area contributed by atoms with Gasteiger partial charge in [0.25, 0.3) is 0 Å². The van der Waals surface area contributed by atoms with Crippen LogP contribution in [0.15, 0.2) is 12.1 Å². The first-order chi connectivity index (χ1) is 9.99. The predicted molar refractivity (Wildman–Crippen MR) is 73.3 cm³/mol. The molecule has 0 radical (unpaired) electrons. The van der Waals surface area contributed by atoms with Gasteiger partial charge in [-0.05, 0) is 6.07 Å². The lowest BCUT2D eigenvalue weighted by Gasteiger charge is -2.22. The summed E-state index contributed by atoms with van der Waals surface area (Å²) in [6, 6.07) is 2.80. The average molecular weight is 311 g/mol. The fourth-order valence-corrected chi connectivity index (χ4v) is 2.38. The van der Waals surface area contributed by atoms with Crippen LogP contribution >= 0.6 is 11.6 Å². The van der Waals surface area contributed by atoms with Gasteiger partial charge in [-0.1, -0.05) is 11.6 Å². The molecule has 8 heteroatoms. The van der Waals surface area contributed by atoms with Crippen LogP contribution in [0.2, 0.25) is 5.02 Å². The SMILES string of the molecule is Cn1nc(C(=O)O)cc1-c1c(O)c(Cl)cc2c1OCCO2. The second-order valence-electron chi connectivity index (χ2n) is 4.45. The molecule has 3 rings (SSSR count). The quantitative estimate of drug-likeness (QED) is 0.880. The third kappa shape index (κ3) is 2.15. The Labute approximate surface area is 124 Å². The third-order valence-corrected chi connectivity index (χ3v) is 3.40.